The van der Waals surface area contributed by atoms with Gasteiger partial charge in [0.2, 0.25) is 0 Å². The van der Waals surface area contributed by atoms with E-state index in [1.807, 2.05) is 13.0 Å². The topological polar surface area (TPSA) is 9.23 Å². The van der Waals surface area contributed by atoms with Crippen molar-refractivity contribution in [1.29, 1.82) is 0 Å². The van der Waals surface area contributed by atoms with Crippen LogP contribution in [0.2, 0.25) is 5.02 Å². The Bertz CT molecular complexity index is 301. The van der Waals surface area contributed by atoms with Crippen molar-refractivity contribution in [3.63, 3.8) is 0 Å². The first-order valence-corrected chi connectivity index (χ1v) is 4.88. The quantitative estimate of drug-likeness (QED) is 0.745. The van der Waals surface area contributed by atoms with Crippen LogP contribution in [0.4, 0.5) is 4.39 Å². The van der Waals surface area contributed by atoms with E-state index in [-0.39, 0.29) is 0 Å². The Morgan fingerprint density at radius 3 is 2.79 bits per heavy atom. The molecule has 1 rings (SSSR count). The third-order valence-corrected chi connectivity index (χ3v) is 2.31. The zero-order valence-corrected chi connectivity index (χ0v) is 9.07. The Morgan fingerprint density at radius 1 is 1.50 bits per heavy atom. The maximum Gasteiger partial charge on any atom is 0.138 e. The van der Waals surface area contributed by atoms with Crippen LogP contribution >= 0.6 is 11.6 Å². The molecule has 1 aromatic carbocycles. The molecule has 0 aromatic heterocycles. The van der Waals surface area contributed by atoms with E-state index in [1.165, 1.54) is 0 Å². The average Bonchev–Trinajstić information content (AvgIpc) is 2.20. The van der Waals surface area contributed by atoms with Crippen molar-refractivity contribution in [3.8, 4) is 5.75 Å². The monoisotopic (exact) mass is 215 g/mol. The van der Waals surface area contributed by atoms with Gasteiger partial charge in [0.05, 0.1) is 18.3 Å². The van der Waals surface area contributed by atoms with Crippen molar-refractivity contribution < 1.29 is 9.13 Å². The lowest BCUT2D eigenvalue weighted by molar-refractivity contribution is 0.340. The molecule has 0 aliphatic rings. The molecule has 0 aliphatic heterocycles. The molecule has 14 heavy (non-hydrogen) atoms. The third-order valence-electron chi connectivity index (χ3n) is 1.92. The number of benzene rings is 1. The maximum atomic E-state index is 12.4. The number of ether oxygens (including phenoxy) is 1. The number of hydrogen-bond acceptors (Lipinski definition) is 1. The SMILES string of the molecule is CCOc1cccc([C](C)CF)c1Cl. The van der Waals surface area contributed by atoms with E-state index in [2.05, 4.69) is 0 Å². The number of hydrogen-bond donors (Lipinski definition) is 0. The van der Waals surface area contributed by atoms with Gasteiger partial charge in [0.1, 0.15) is 5.75 Å². The smallest absolute Gasteiger partial charge is 0.138 e. The van der Waals surface area contributed by atoms with Crippen LogP contribution in [0, 0.1) is 5.92 Å². The second-order valence-corrected chi connectivity index (χ2v) is 3.34. The second kappa shape index (κ2) is 5.20. The van der Waals surface area contributed by atoms with Crippen molar-refractivity contribution in [3.05, 3.63) is 34.7 Å². The second-order valence-electron chi connectivity index (χ2n) is 2.96. The molecule has 0 bridgehead atoms. The van der Waals surface area contributed by atoms with Gasteiger partial charge in [-0.25, -0.2) is 0 Å². The van der Waals surface area contributed by atoms with Gasteiger partial charge in [0.15, 0.2) is 0 Å². The molecule has 0 atom stereocenters. The zero-order valence-electron chi connectivity index (χ0n) is 8.31. The molecule has 1 aromatic rings. The zero-order chi connectivity index (χ0) is 10.6. The number of alkyl halides is 1. The van der Waals surface area contributed by atoms with Gasteiger partial charge in [0, 0.05) is 5.92 Å². The van der Waals surface area contributed by atoms with Crippen molar-refractivity contribution in [2.75, 3.05) is 13.3 Å². The van der Waals surface area contributed by atoms with Crippen LogP contribution in [0.5, 0.6) is 5.75 Å². The fraction of sp³-hybridized carbons (Fsp3) is 0.364. The molecule has 3 heteroatoms. The summed E-state index contributed by atoms with van der Waals surface area (Å²) in [4.78, 5) is 0. The van der Waals surface area contributed by atoms with Gasteiger partial charge in [-0.1, -0.05) is 30.7 Å². The summed E-state index contributed by atoms with van der Waals surface area (Å²) in [5.74, 6) is 1.23. The van der Waals surface area contributed by atoms with Crippen LogP contribution in [-0.4, -0.2) is 13.3 Å². The van der Waals surface area contributed by atoms with Crippen LogP contribution in [0.3, 0.4) is 0 Å². The lowest BCUT2D eigenvalue weighted by atomic mass is 10.0. The van der Waals surface area contributed by atoms with Gasteiger partial charge in [0.25, 0.3) is 0 Å². The van der Waals surface area contributed by atoms with Crippen molar-refractivity contribution >= 4 is 11.6 Å². The molecule has 0 fully saturated rings. The molecule has 1 nitrogen and oxygen atoms in total. The van der Waals surface area contributed by atoms with Crippen molar-refractivity contribution in [2.45, 2.75) is 13.8 Å². The standard InChI is InChI=1S/C11H13ClFO/c1-3-14-10-6-4-5-9(11(10)12)8(2)7-13/h4-6H,3,7H2,1-2H3. The first-order chi connectivity index (χ1) is 6.70. The lowest BCUT2D eigenvalue weighted by Gasteiger charge is -2.12. The summed E-state index contributed by atoms with van der Waals surface area (Å²) in [6, 6.07) is 5.38. The van der Waals surface area contributed by atoms with Gasteiger partial charge in [-0.15, -0.1) is 0 Å². The Balaban J connectivity index is 3.00. The van der Waals surface area contributed by atoms with Gasteiger partial charge >= 0.3 is 0 Å². The predicted molar refractivity (Wildman–Crippen MR) is 56.6 cm³/mol. The summed E-state index contributed by atoms with van der Waals surface area (Å²) < 4.78 is 17.7. The minimum Gasteiger partial charge on any atom is -0.492 e. The van der Waals surface area contributed by atoms with Crippen molar-refractivity contribution in [1.82, 2.24) is 0 Å². The minimum absolute atomic E-state index is 0.490. The lowest BCUT2D eigenvalue weighted by Crippen LogP contribution is -2.00. The molecule has 0 amide bonds. The molecule has 0 aliphatic carbocycles. The van der Waals surface area contributed by atoms with Crippen LogP contribution in [-0.2, 0) is 0 Å². The molecule has 1 radical (unpaired) electrons. The first kappa shape index (κ1) is 11.3. The molecule has 0 N–H and O–H groups in total. The highest BCUT2D eigenvalue weighted by atomic mass is 35.5. The molecule has 0 spiro atoms. The van der Waals surface area contributed by atoms with Gasteiger partial charge < -0.3 is 4.74 Å². The van der Waals surface area contributed by atoms with Crippen molar-refractivity contribution in [2.24, 2.45) is 0 Å². The normalized spacial score (nSPS) is 10.6. The number of halogens is 2. The number of rotatable bonds is 4. The summed E-state index contributed by atoms with van der Waals surface area (Å²) in [6.07, 6.45) is 0. The maximum absolute atomic E-state index is 12.4. The van der Waals surface area contributed by atoms with E-state index in [1.54, 1.807) is 19.1 Å². The predicted octanol–water partition coefficient (Wildman–Crippen LogP) is 3.65. The van der Waals surface area contributed by atoms with Crippen LogP contribution in [0.1, 0.15) is 19.4 Å². The third kappa shape index (κ3) is 2.38. The van der Waals surface area contributed by atoms with Crippen LogP contribution < -0.4 is 4.74 Å². The fourth-order valence-corrected chi connectivity index (χ4v) is 1.52. The van der Waals surface area contributed by atoms with E-state index in [0.717, 1.165) is 5.56 Å². The Hall–Kier alpha value is -0.760. The highest BCUT2D eigenvalue weighted by Crippen LogP contribution is 2.32. The summed E-state index contributed by atoms with van der Waals surface area (Å²) in [5.41, 5.74) is 0.722. The Morgan fingerprint density at radius 2 is 2.21 bits per heavy atom. The Labute approximate surface area is 88.8 Å². The van der Waals surface area contributed by atoms with Gasteiger partial charge in [-0.3, -0.25) is 4.39 Å². The molecular weight excluding hydrogens is 203 g/mol. The van der Waals surface area contributed by atoms with Crippen LogP contribution in [0.25, 0.3) is 0 Å². The van der Waals surface area contributed by atoms with E-state index in [4.69, 9.17) is 16.3 Å². The van der Waals surface area contributed by atoms with E-state index >= 15 is 0 Å². The summed E-state index contributed by atoms with van der Waals surface area (Å²) >= 11 is 6.05. The summed E-state index contributed by atoms with van der Waals surface area (Å²) in [6.45, 7) is 3.67. The largest absolute Gasteiger partial charge is 0.492 e. The molecule has 77 valence electrons. The van der Waals surface area contributed by atoms with E-state index in [0.29, 0.717) is 23.3 Å². The Kier molecular flexibility index (Phi) is 4.21. The highest BCUT2D eigenvalue weighted by Gasteiger charge is 2.13. The average molecular weight is 216 g/mol. The van der Waals surface area contributed by atoms with E-state index in [9.17, 15) is 4.39 Å². The molecular formula is C11H13ClFO. The molecule has 0 saturated carbocycles. The molecule has 0 unspecified atom stereocenters. The highest BCUT2D eigenvalue weighted by molar-refractivity contribution is 6.33. The first-order valence-electron chi connectivity index (χ1n) is 4.50. The van der Waals surface area contributed by atoms with Crippen LogP contribution in [0.15, 0.2) is 18.2 Å². The fourth-order valence-electron chi connectivity index (χ4n) is 1.18. The van der Waals surface area contributed by atoms with Gasteiger partial charge in [-0.05, 0) is 18.6 Å². The summed E-state index contributed by atoms with van der Waals surface area (Å²) in [7, 11) is 0. The molecule has 0 saturated heterocycles. The minimum atomic E-state index is -0.491. The van der Waals surface area contributed by atoms with Gasteiger partial charge in [-0.2, -0.15) is 0 Å². The molecule has 0 heterocycles. The van der Waals surface area contributed by atoms with E-state index < -0.39 is 6.67 Å². The summed E-state index contributed by atoms with van der Waals surface area (Å²) in [5, 5.41) is 0.490.